The maximum Gasteiger partial charge on any atom is 0.234 e. The number of rotatable bonds is 6. The van der Waals surface area contributed by atoms with Crippen LogP contribution in [0.2, 0.25) is 0 Å². The molecule has 0 bridgehead atoms. The number of carbonyl (C=O) groups is 1. The summed E-state index contributed by atoms with van der Waals surface area (Å²) in [5, 5.41) is 2.90. The molecule has 1 amide bonds. The summed E-state index contributed by atoms with van der Waals surface area (Å²) in [6.45, 7) is 2.90. The Morgan fingerprint density at radius 3 is 2.68 bits per heavy atom. The van der Waals surface area contributed by atoms with Crippen molar-refractivity contribution in [2.45, 2.75) is 19.5 Å². The zero-order valence-corrected chi connectivity index (χ0v) is 14.3. The molecule has 0 aliphatic carbocycles. The fourth-order valence-electron chi connectivity index (χ4n) is 2.67. The predicted octanol–water partition coefficient (Wildman–Crippen LogP) is 2.86. The average Bonchev–Trinajstić information content (AvgIpc) is 3.07. The molecule has 6 heteroatoms. The van der Waals surface area contributed by atoms with Crippen LogP contribution in [0.1, 0.15) is 24.1 Å². The normalized spacial score (nSPS) is 13.8. The van der Waals surface area contributed by atoms with Crippen molar-refractivity contribution in [2.75, 3.05) is 20.4 Å². The van der Waals surface area contributed by atoms with Gasteiger partial charge in [0.2, 0.25) is 12.7 Å². The molecule has 2 aromatic rings. The molecule has 1 aliphatic rings. The maximum atomic E-state index is 13.0. The third-order valence-electron chi connectivity index (χ3n) is 4.33. The van der Waals surface area contributed by atoms with E-state index < -0.39 is 0 Å². The van der Waals surface area contributed by atoms with Crippen molar-refractivity contribution < 1.29 is 18.7 Å². The highest BCUT2D eigenvalue weighted by molar-refractivity contribution is 5.78. The second kappa shape index (κ2) is 7.53. The van der Waals surface area contributed by atoms with Gasteiger partial charge in [-0.05, 0) is 49.4 Å². The summed E-state index contributed by atoms with van der Waals surface area (Å²) < 4.78 is 23.6. The molecule has 0 radical (unpaired) electrons. The summed E-state index contributed by atoms with van der Waals surface area (Å²) in [7, 11) is 1.87. The summed E-state index contributed by atoms with van der Waals surface area (Å²) in [6, 6.07) is 12.0. The molecule has 1 aliphatic heterocycles. The lowest BCUT2D eigenvalue weighted by molar-refractivity contribution is -0.122. The summed E-state index contributed by atoms with van der Waals surface area (Å²) >= 11 is 0. The first-order chi connectivity index (χ1) is 12.0. The van der Waals surface area contributed by atoms with Crippen LogP contribution in [0, 0.1) is 5.82 Å². The molecule has 25 heavy (non-hydrogen) atoms. The molecule has 1 N–H and O–H groups in total. The Kier molecular flexibility index (Phi) is 5.19. The number of nitrogens with one attached hydrogen (secondary N) is 1. The van der Waals surface area contributed by atoms with E-state index >= 15 is 0 Å². The van der Waals surface area contributed by atoms with Crippen molar-refractivity contribution >= 4 is 5.91 Å². The Morgan fingerprint density at radius 1 is 1.20 bits per heavy atom. The van der Waals surface area contributed by atoms with E-state index in [2.05, 4.69) is 5.32 Å². The molecular weight excluding hydrogens is 323 g/mol. The van der Waals surface area contributed by atoms with Gasteiger partial charge in [-0.2, -0.15) is 0 Å². The number of hydrogen-bond acceptors (Lipinski definition) is 4. The number of fused-ring (bicyclic) bond motifs is 1. The molecular formula is C19H21FN2O3. The fourth-order valence-corrected chi connectivity index (χ4v) is 2.67. The highest BCUT2D eigenvalue weighted by Crippen LogP contribution is 2.32. The third kappa shape index (κ3) is 4.28. The molecule has 132 valence electrons. The standard InChI is InChI=1S/C19H21FN2O3/c1-13(15-4-6-16(20)7-5-15)22(2)11-19(23)21-10-14-3-8-17-18(9-14)25-12-24-17/h3-9,13H,10-12H2,1-2H3,(H,21,23). The number of halogens is 1. The molecule has 0 saturated heterocycles. The van der Waals surface area contributed by atoms with Crippen LogP contribution in [0.15, 0.2) is 42.5 Å². The quantitative estimate of drug-likeness (QED) is 0.875. The van der Waals surface area contributed by atoms with Gasteiger partial charge in [-0.3, -0.25) is 9.69 Å². The SMILES string of the molecule is CC(c1ccc(F)cc1)N(C)CC(=O)NCc1ccc2c(c1)OCO2. The van der Waals surface area contributed by atoms with Crippen LogP contribution in [0.3, 0.4) is 0 Å². The van der Waals surface area contributed by atoms with Crippen LogP contribution in [0.25, 0.3) is 0 Å². The number of carbonyl (C=O) groups excluding carboxylic acids is 1. The van der Waals surface area contributed by atoms with Crippen LogP contribution in [-0.4, -0.2) is 31.2 Å². The molecule has 1 heterocycles. The number of ether oxygens (including phenoxy) is 2. The van der Waals surface area contributed by atoms with Crippen molar-refractivity contribution in [3.05, 3.63) is 59.4 Å². The molecule has 0 saturated carbocycles. The van der Waals surface area contributed by atoms with Crippen molar-refractivity contribution in [1.82, 2.24) is 10.2 Å². The van der Waals surface area contributed by atoms with Gasteiger partial charge in [0.1, 0.15) is 5.82 Å². The second-order valence-electron chi connectivity index (χ2n) is 6.11. The molecule has 5 nitrogen and oxygen atoms in total. The predicted molar refractivity (Wildman–Crippen MR) is 91.9 cm³/mol. The van der Waals surface area contributed by atoms with Crippen LogP contribution in [0.5, 0.6) is 11.5 Å². The van der Waals surface area contributed by atoms with E-state index in [4.69, 9.17) is 9.47 Å². The fraction of sp³-hybridized carbons (Fsp3) is 0.316. The number of amides is 1. The van der Waals surface area contributed by atoms with Crippen molar-refractivity contribution in [3.8, 4) is 11.5 Å². The van der Waals surface area contributed by atoms with Gasteiger partial charge < -0.3 is 14.8 Å². The number of nitrogens with zero attached hydrogens (tertiary/aromatic N) is 1. The maximum absolute atomic E-state index is 13.0. The van der Waals surface area contributed by atoms with E-state index in [1.165, 1.54) is 12.1 Å². The topological polar surface area (TPSA) is 50.8 Å². The van der Waals surface area contributed by atoms with E-state index in [0.717, 1.165) is 16.9 Å². The van der Waals surface area contributed by atoms with E-state index in [9.17, 15) is 9.18 Å². The molecule has 0 aromatic heterocycles. The van der Waals surface area contributed by atoms with Gasteiger partial charge in [0.05, 0.1) is 6.54 Å². The Balaban J connectivity index is 1.50. The summed E-state index contributed by atoms with van der Waals surface area (Å²) in [6.07, 6.45) is 0. The molecule has 1 unspecified atom stereocenters. The minimum absolute atomic E-state index is 0.0110. The third-order valence-corrected chi connectivity index (χ3v) is 4.33. The Bertz CT molecular complexity index is 749. The molecule has 0 spiro atoms. The van der Waals surface area contributed by atoms with Gasteiger partial charge in [0, 0.05) is 12.6 Å². The van der Waals surface area contributed by atoms with Crippen molar-refractivity contribution in [1.29, 1.82) is 0 Å². The minimum Gasteiger partial charge on any atom is -0.454 e. The first-order valence-corrected chi connectivity index (χ1v) is 8.14. The van der Waals surface area contributed by atoms with E-state index in [0.29, 0.717) is 12.3 Å². The van der Waals surface area contributed by atoms with Crippen molar-refractivity contribution in [2.24, 2.45) is 0 Å². The lowest BCUT2D eigenvalue weighted by Crippen LogP contribution is -2.36. The van der Waals surface area contributed by atoms with Gasteiger partial charge in [-0.25, -0.2) is 4.39 Å². The minimum atomic E-state index is -0.264. The number of likely N-dealkylation sites (N-methyl/N-ethyl adjacent to an activating group) is 1. The number of hydrogen-bond donors (Lipinski definition) is 1. The van der Waals surface area contributed by atoms with Crippen molar-refractivity contribution in [3.63, 3.8) is 0 Å². The Hall–Kier alpha value is -2.60. The summed E-state index contributed by atoms with van der Waals surface area (Å²) in [5.74, 6) is 1.09. The van der Waals surface area contributed by atoms with E-state index in [1.807, 2.05) is 37.1 Å². The smallest absolute Gasteiger partial charge is 0.234 e. The lowest BCUT2D eigenvalue weighted by atomic mass is 10.1. The van der Waals surface area contributed by atoms with Gasteiger partial charge in [0.25, 0.3) is 0 Å². The molecule has 3 rings (SSSR count). The average molecular weight is 344 g/mol. The second-order valence-corrected chi connectivity index (χ2v) is 6.11. The molecule has 1 atom stereocenters. The zero-order chi connectivity index (χ0) is 17.8. The van der Waals surface area contributed by atoms with E-state index in [1.54, 1.807) is 12.1 Å². The summed E-state index contributed by atoms with van der Waals surface area (Å²) in [4.78, 5) is 14.1. The highest BCUT2D eigenvalue weighted by atomic mass is 19.1. The van der Waals surface area contributed by atoms with Crippen LogP contribution in [0.4, 0.5) is 4.39 Å². The number of benzene rings is 2. The zero-order valence-electron chi connectivity index (χ0n) is 14.3. The Morgan fingerprint density at radius 2 is 1.92 bits per heavy atom. The summed E-state index contributed by atoms with van der Waals surface area (Å²) in [5.41, 5.74) is 1.92. The van der Waals surface area contributed by atoms with Crippen LogP contribution < -0.4 is 14.8 Å². The van der Waals surface area contributed by atoms with Gasteiger partial charge in [-0.15, -0.1) is 0 Å². The molecule has 2 aromatic carbocycles. The first kappa shape index (κ1) is 17.2. The monoisotopic (exact) mass is 344 g/mol. The molecule has 0 fully saturated rings. The van der Waals surface area contributed by atoms with E-state index in [-0.39, 0.29) is 31.1 Å². The van der Waals surface area contributed by atoms with Gasteiger partial charge in [0.15, 0.2) is 11.5 Å². The van der Waals surface area contributed by atoms with Gasteiger partial charge >= 0.3 is 0 Å². The Labute approximate surface area is 146 Å². The van der Waals surface area contributed by atoms with Gasteiger partial charge in [-0.1, -0.05) is 18.2 Å². The first-order valence-electron chi connectivity index (χ1n) is 8.14. The van der Waals surface area contributed by atoms with Crippen LogP contribution >= 0.6 is 0 Å². The largest absolute Gasteiger partial charge is 0.454 e. The van der Waals surface area contributed by atoms with Crippen LogP contribution in [-0.2, 0) is 11.3 Å². The lowest BCUT2D eigenvalue weighted by Gasteiger charge is -2.24. The highest BCUT2D eigenvalue weighted by Gasteiger charge is 2.16.